The molecule has 56 heavy (non-hydrogen) atoms. The van der Waals surface area contributed by atoms with Gasteiger partial charge >= 0.3 is 11.9 Å². The van der Waals surface area contributed by atoms with Gasteiger partial charge in [0.2, 0.25) is 0 Å². The molecule has 0 aromatic heterocycles. The summed E-state index contributed by atoms with van der Waals surface area (Å²) in [4.78, 5) is 29.9. The smallest absolute Gasteiger partial charge is 0.308 e. The number of carbonyl (C=O) groups excluding carboxylic acids is 2. The Morgan fingerprint density at radius 3 is 1.38 bits per heavy atom. The molecule has 0 aromatic rings. The Labute approximate surface area is 349 Å². The van der Waals surface area contributed by atoms with Crippen molar-refractivity contribution in [3.05, 3.63) is 12.4 Å². The Morgan fingerprint density at radius 2 is 0.893 bits per heavy atom. The van der Waals surface area contributed by atoms with E-state index >= 15 is 0 Å². The summed E-state index contributed by atoms with van der Waals surface area (Å²) in [5.74, 6) is 1.13. The van der Waals surface area contributed by atoms with Crippen molar-refractivity contribution in [3.63, 3.8) is 0 Å². The number of unbranched alkanes of at least 4 members (excludes halogenated alkanes) is 24. The summed E-state index contributed by atoms with van der Waals surface area (Å²) in [6, 6.07) is 0. The predicted molar refractivity (Wildman–Crippen MR) is 242 cm³/mol. The van der Waals surface area contributed by atoms with Gasteiger partial charge < -0.3 is 24.6 Å². The van der Waals surface area contributed by atoms with Crippen LogP contribution in [0.3, 0.4) is 0 Å². The van der Waals surface area contributed by atoms with Crippen LogP contribution in [-0.2, 0) is 19.1 Å². The minimum atomic E-state index is -0.0139. The van der Waals surface area contributed by atoms with Gasteiger partial charge in [-0.25, -0.2) is 0 Å². The minimum absolute atomic E-state index is 0.0139. The molecule has 0 saturated heterocycles. The van der Waals surface area contributed by atoms with Gasteiger partial charge in [0.1, 0.15) is 0 Å². The van der Waals surface area contributed by atoms with E-state index < -0.39 is 0 Å². The fourth-order valence-electron chi connectivity index (χ4n) is 7.46. The van der Waals surface area contributed by atoms with E-state index in [1.165, 1.54) is 141 Å². The molecule has 0 rings (SSSR count). The highest BCUT2D eigenvalue weighted by Crippen LogP contribution is 2.21. The average Bonchev–Trinajstić information content (AvgIpc) is 3.19. The first-order valence-electron chi connectivity index (χ1n) is 24.5. The highest BCUT2D eigenvalue weighted by Gasteiger charge is 2.19. The van der Waals surface area contributed by atoms with Gasteiger partial charge in [0.05, 0.1) is 25.0 Å². The SMILES string of the molecule is C=C(NCCCN(CCCCCCCOC(=O)C(CCCCCCCC)CCCCCCCC)CCCCCCCC(=O)OCCCCCCCCC)N(C)C. The first kappa shape index (κ1) is 54.2. The second kappa shape index (κ2) is 42.8. The molecular weight excluding hydrogens is 695 g/mol. The van der Waals surface area contributed by atoms with Crippen molar-refractivity contribution in [1.29, 1.82) is 0 Å². The lowest BCUT2D eigenvalue weighted by atomic mass is 9.94. The Bertz CT molecular complexity index is 850. The second-order valence-electron chi connectivity index (χ2n) is 17.1. The molecule has 0 aliphatic rings. The zero-order valence-corrected chi connectivity index (χ0v) is 38.4. The Morgan fingerprint density at radius 1 is 0.500 bits per heavy atom. The summed E-state index contributed by atoms with van der Waals surface area (Å²) in [5, 5.41) is 3.45. The summed E-state index contributed by atoms with van der Waals surface area (Å²) >= 11 is 0. The van der Waals surface area contributed by atoms with E-state index in [9.17, 15) is 9.59 Å². The van der Waals surface area contributed by atoms with Gasteiger partial charge in [0.25, 0.3) is 0 Å². The van der Waals surface area contributed by atoms with Crippen LogP contribution < -0.4 is 5.32 Å². The number of ether oxygens (including phenoxy) is 2. The van der Waals surface area contributed by atoms with E-state index in [0.717, 1.165) is 96.2 Å². The molecule has 0 aliphatic carbocycles. The number of rotatable bonds is 45. The molecule has 7 nitrogen and oxygen atoms in total. The van der Waals surface area contributed by atoms with Crippen LogP contribution in [0.2, 0.25) is 0 Å². The van der Waals surface area contributed by atoms with Crippen LogP contribution in [0.4, 0.5) is 0 Å². The molecule has 0 aromatic carbocycles. The van der Waals surface area contributed by atoms with Crippen LogP contribution in [0.25, 0.3) is 0 Å². The second-order valence-corrected chi connectivity index (χ2v) is 17.1. The van der Waals surface area contributed by atoms with Crippen LogP contribution in [-0.4, -0.2) is 75.2 Å². The fraction of sp³-hybridized carbons (Fsp3) is 0.918. The van der Waals surface area contributed by atoms with Crippen LogP contribution in [0.15, 0.2) is 12.4 Å². The number of esters is 2. The zero-order valence-electron chi connectivity index (χ0n) is 38.4. The molecule has 0 saturated carbocycles. The lowest BCUT2D eigenvalue weighted by molar-refractivity contribution is -0.149. The van der Waals surface area contributed by atoms with Gasteiger partial charge in [-0.05, 0) is 71.0 Å². The van der Waals surface area contributed by atoms with Crippen molar-refractivity contribution in [2.24, 2.45) is 5.92 Å². The van der Waals surface area contributed by atoms with Gasteiger partial charge in [0, 0.05) is 27.1 Å². The Hall–Kier alpha value is -1.76. The molecular formula is C49H97N3O4. The van der Waals surface area contributed by atoms with Gasteiger partial charge in [-0.3, -0.25) is 9.59 Å². The van der Waals surface area contributed by atoms with Crippen LogP contribution in [0, 0.1) is 5.92 Å². The van der Waals surface area contributed by atoms with Crippen molar-refractivity contribution in [3.8, 4) is 0 Å². The van der Waals surface area contributed by atoms with E-state index in [1.54, 1.807) is 0 Å². The Balaban J connectivity index is 4.34. The average molecular weight is 792 g/mol. The zero-order chi connectivity index (χ0) is 41.2. The summed E-state index contributed by atoms with van der Waals surface area (Å²) in [5.41, 5.74) is 0. The third kappa shape index (κ3) is 37.8. The van der Waals surface area contributed by atoms with Crippen LogP contribution in [0.1, 0.15) is 233 Å². The molecule has 0 aliphatic heterocycles. The van der Waals surface area contributed by atoms with Gasteiger partial charge in [0.15, 0.2) is 0 Å². The molecule has 0 heterocycles. The summed E-state index contributed by atoms with van der Waals surface area (Å²) in [6.45, 7) is 16.4. The molecule has 332 valence electrons. The van der Waals surface area contributed by atoms with Gasteiger partial charge in [-0.2, -0.15) is 0 Å². The first-order chi connectivity index (χ1) is 27.3. The third-order valence-corrected chi connectivity index (χ3v) is 11.4. The number of nitrogens with one attached hydrogen (secondary N) is 1. The van der Waals surface area contributed by atoms with Crippen molar-refractivity contribution in [2.45, 2.75) is 233 Å². The highest BCUT2D eigenvalue weighted by atomic mass is 16.5. The van der Waals surface area contributed by atoms with Crippen molar-refractivity contribution < 1.29 is 19.1 Å². The summed E-state index contributed by atoms with van der Waals surface area (Å²) < 4.78 is 11.3. The van der Waals surface area contributed by atoms with Gasteiger partial charge in [-0.15, -0.1) is 0 Å². The molecule has 0 atom stereocenters. The van der Waals surface area contributed by atoms with Crippen molar-refractivity contribution >= 4 is 11.9 Å². The number of hydrogen-bond acceptors (Lipinski definition) is 7. The van der Waals surface area contributed by atoms with E-state index in [1.807, 2.05) is 19.0 Å². The molecule has 7 heteroatoms. The quantitative estimate of drug-likeness (QED) is 0.0486. The van der Waals surface area contributed by atoms with Gasteiger partial charge in [-0.1, -0.05) is 181 Å². The molecule has 0 amide bonds. The number of hydrogen-bond donors (Lipinski definition) is 1. The van der Waals surface area contributed by atoms with E-state index in [4.69, 9.17) is 9.47 Å². The largest absolute Gasteiger partial charge is 0.466 e. The molecule has 0 radical (unpaired) electrons. The first-order valence-corrected chi connectivity index (χ1v) is 24.5. The number of nitrogens with zero attached hydrogens (tertiary/aromatic N) is 2. The van der Waals surface area contributed by atoms with E-state index in [-0.39, 0.29) is 17.9 Å². The summed E-state index contributed by atoms with van der Waals surface area (Å²) in [7, 11) is 4.05. The molecule has 0 bridgehead atoms. The van der Waals surface area contributed by atoms with E-state index in [0.29, 0.717) is 19.6 Å². The normalized spacial score (nSPS) is 11.4. The standard InChI is InChI=1S/C49H97N3O4/c1-7-10-13-16-19-27-34-44-55-48(53)39-31-24-20-25-32-41-52(43-36-40-50-46(4)51(5)6)42-33-26-21-28-35-45-56-49(54)47(37-29-22-17-14-11-8-2)38-30-23-18-15-12-9-3/h47,50H,4,7-45H2,1-3,5-6H3. The Kier molecular flexibility index (Phi) is 41.5. The lowest BCUT2D eigenvalue weighted by Crippen LogP contribution is -2.31. The monoisotopic (exact) mass is 792 g/mol. The topological polar surface area (TPSA) is 71.1 Å². The van der Waals surface area contributed by atoms with E-state index in [2.05, 4.69) is 37.6 Å². The predicted octanol–water partition coefficient (Wildman–Crippen LogP) is 13.5. The number of carbonyl (C=O) groups is 2. The van der Waals surface area contributed by atoms with Crippen molar-refractivity contribution in [1.82, 2.24) is 15.1 Å². The maximum atomic E-state index is 13.1. The maximum absolute atomic E-state index is 13.1. The molecule has 0 spiro atoms. The molecule has 0 fully saturated rings. The van der Waals surface area contributed by atoms with Crippen LogP contribution in [0.5, 0.6) is 0 Å². The van der Waals surface area contributed by atoms with Crippen LogP contribution >= 0.6 is 0 Å². The lowest BCUT2D eigenvalue weighted by Gasteiger charge is -2.23. The van der Waals surface area contributed by atoms with Crippen molar-refractivity contribution in [2.75, 3.05) is 53.5 Å². The highest BCUT2D eigenvalue weighted by molar-refractivity contribution is 5.72. The minimum Gasteiger partial charge on any atom is -0.466 e. The maximum Gasteiger partial charge on any atom is 0.308 e. The molecule has 0 unspecified atom stereocenters. The fourth-order valence-corrected chi connectivity index (χ4v) is 7.46. The molecule has 1 N–H and O–H groups in total. The summed E-state index contributed by atoms with van der Waals surface area (Å²) in [6.07, 6.45) is 39.1. The third-order valence-electron chi connectivity index (χ3n) is 11.4.